The Hall–Kier alpha value is -1.66. The van der Waals surface area contributed by atoms with E-state index in [1.807, 2.05) is 31.0 Å². The molecular weight excluding hydrogens is 278 g/mol. The number of nitrogens with zero attached hydrogens (tertiary/aromatic N) is 4. The first-order valence-electron chi connectivity index (χ1n) is 7.90. The Labute approximate surface area is 131 Å². The lowest BCUT2D eigenvalue weighted by molar-refractivity contribution is 0.0976. The number of hydrogen-bond donors (Lipinski definition) is 1. The summed E-state index contributed by atoms with van der Waals surface area (Å²) in [6.07, 6.45) is 5.02. The smallest absolute Gasteiger partial charge is 0.105 e. The molecule has 0 amide bonds. The fourth-order valence-corrected chi connectivity index (χ4v) is 3.30. The summed E-state index contributed by atoms with van der Waals surface area (Å²) in [5.74, 6) is 1.06. The average molecular weight is 303 g/mol. The van der Waals surface area contributed by atoms with E-state index in [0.717, 1.165) is 37.6 Å². The third kappa shape index (κ3) is 2.80. The second-order valence-electron chi connectivity index (χ2n) is 6.02. The van der Waals surface area contributed by atoms with Gasteiger partial charge in [0, 0.05) is 56.4 Å². The van der Waals surface area contributed by atoms with E-state index in [4.69, 9.17) is 4.74 Å². The minimum atomic E-state index is 0.109. The van der Waals surface area contributed by atoms with Gasteiger partial charge in [-0.2, -0.15) is 5.10 Å². The Morgan fingerprint density at radius 3 is 2.82 bits per heavy atom. The van der Waals surface area contributed by atoms with E-state index < -0.39 is 0 Å². The van der Waals surface area contributed by atoms with E-state index in [9.17, 15) is 0 Å². The Kier molecular flexibility index (Phi) is 4.31. The van der Waals surface area contributed by atoms with E-state index in [0.29, 0.717) is 6.04 Å². The van der Waals surface area contributed by atoms with Crippen molar-refractivity contribution >= 4 is 0 Å². The van der Waals surface area contributed by atoms with Gasteiger partial charge < -0.3 is 14.6 Å². The molecule has 0 bridgehead atoms. The lowest BCUT2D eigenvalue weighted by Crippen LogP contribution is -2.34. The molecule has 120 valence electrons. The van der Waals surface area contributed by atoms with Crippen LogP contribution in [0.2, 0.25) is 0 Å². The highest BCUT2D eigenvalue weighted by Gasteiger charge is 2.33. The summed E-state index contributed by atoms with van der Waals surface area (Å²) in [4.78, 5) is 4.26. The van der Waals surface area contributed by atoms with Gasteiger partial charge in [0.15, 0.2) is 0 Å². The normalized spacial score (nSPS) is 21.6. The molecule has 0 saturated carbocycles. The number of imidazole rings is 1. The zero-order valence-corrected chi connectivity index (χ0v) is 13.8. The zero-order valence-electron chi connectivity index (χ0n) is 13.8. The van der Waals surface area contributed by atoms with Crippen molar-refractivity contribution in [3.63, 3.8) is 0 Å². The number of nitrogens with one attached hydrogen (secondary N) is 1. The molecule has 1 N–H and O–H groups in total. The van der Waals surface area contributed by atoms with E-state index in [2.05, 4.69) is 33.8 Å². The van der Waals surface area contributed by atoms with Crippen LogP contribution in [0.3, 0.4) is 0 Å². The van der Waals surface area contributed by atoms with Crippen LogP contribution in [-0.4, -0.2) is 38.5 Å². The number of ether oxygens (including phenoxy) is 1. The van der Waals surface area contributed by atoms with Crippen LogP contribution in [0, 0.1) is 20.8 Å². The van der Waals surface area contributed by atoms with Crippen molar-refractivity contribution < 1.29 is 4.74 Å². The van der Waals surface area contributed by atoms with Crippen LogP contribution in [0.25, 0.3) is 0 Å². The molecule has 22 heavy (non-hydrogen) atoms. The highest BCUT2D eigenvalue weighted by molar-refractivity contribution is 5.29. The lowest BCUT2D eigenvalue weighted by atomic mass is 10.0. The summed E-state index contributed by atoms with van der Waals surface area (Å²) in [5.41, 5.74) is 3.52. The Morgan fingerprint density at radius 1 is 1.36 bits per heavy atom. The molecule has 1 fully saturated rings. The zero-order chi connectivity index (χ0) is 15.7. The van der Waals surface area contributed by atoms with Gasteiger partial charge in [-0.15, -0.1) is 0 Å². The summed E-state index contributed by atoms with van der Waals surface area (Å²) in [5, 5.41) is 8.17. The Bertz CT molecular complexity index is 645. The maximum Gasteiger partial charge on any atom is 0.105 e. The molecule has 0 unspecified atom stereocenters. The minimum absolute atomic E-state index is 0.109. The molecule has 0 radical (unpaired) electrons. The molecule has 0 spiro atoms. The number of aryl methyl sites for hydroxylation is 3. The molecule has 2 aromatic heterocycles. The summed E-state index contributed by atoms with van der Waals surface area (Å²) in [6, 6.07) is 0.352. The molecule has 1 saturated heterocycles. The van der Waals surface area contributed by atoms with Crippen LogP contribution in [-0.2, 0) is 18.3 Å². The van der Waals surface area contributed by atoms with Crippen LogP contribution in [0.1, 0.15) is 35.3 Å². The number of aromatic nitrogens is 4. The van der Waals surface area contributed by atoms with E-state index in [1.165, 1.54) is 11.3 Å². The third-order valence-electron chi connectivity index (χ3n) is 4.62. The summed E-state index contributed by atoms with van der Waals surface area (Å²) >= 11 is 0. The third-order valence-corrected chi connectivity index (χ3v) is 4.62. The minimum Gasteiger partial charge on any atom is -0.372 e. The molecule has 0 aliphatic carbocycles. The monoisotopic (exact) mass is 303 g/mol. The van der Waals surface area contributed by atoms with Gasteiger partial charge in [-0.05, 0) is 27.2 Å². The second kappa shape index (κ2) is 6.22. The second-order valence-corrected chi connectivity index (χ2v) is 6.02. The van der Waals surface area contributed by atoms with Gasteiger partial charge in [-0.3, -0.25) is 4.68 Å². The van der Waals surface area contributed by atoms with Gasteiger partial charge in [-0.25, -0.2) is 4.98 Å². The quantitative estimate of drug-likeness (QED) is 0.913. The maximum atomic E-state index is 6.00. The summed E-state index contributed by atoms with van der Waals surface area (Å²) < 4.78 is 10.1. The number of rotatable bonds is 5. The first-order chi connectivity index (χ1) is 10.6. The van der Waals surface area contributed by atoms with Gasteiger partial charge >= 0.3 is 0 Å². The van der Waals surface area contributed by atoms with Gasteiger partial charge in [0.25, 0.3) is 0 Å². The fourth-order valence-electron chi connectivity index (χ4n) is 3.30. The first kappa shape index (κ1) is 15.2. The SMILES string of the molecule is Cc1nn(C)c(C)c1[C@H]1OCC[C@@H]1NCCn1ccnc1C. The first-order valence-corrected chi connectivity index (χ1v) is 7.90. The lowest BCUT2D eigenvalue weighted by Gasteiger charge is -2.21. The van der Waals surface area contributed by atoms with Crippen molar-refractivity contribution in [3.8, 4) is 0 Å². The fraction of sp³-hybridized carbons (Fsp3) is 0.625. The van der Waals surface area contributed by atoms with Gasteiger partial charge in [0.2, 0.25) is 0 Å². The Morgan fingerprint density at radius 2 is 2.18 bits per heavy atom. The van der Waals surface area contributed by atoms with Crippen molar-refractivity contribution in [2.45, 2.75) is 45.9 Å². The van der Waals surface area contributed by atoms with Crippen LogP contribution >= 0.6 is 0 Å². The topological polar surface area (TPSA) is 56.9 Å². The molecule has 2 atom stereocenters. The average Bonchev–Trinajstić information content (AvgIpc) is 3.14. The van der Waals surface area contributed by atoms with Crippen LogP contribution in [0.4, 0.5) is 0 Å². The highest BCUT2D eigenvalue weighted by Crippen LogP contribution is 2.33. The van der Waals surface area contributed by atoms with Crippen molar-refractivity contribution in [1.29, 1.82) is 0 Å². The molecule has 1 aliphatic rings. The standard InChI is InChI=1S/C16H25N5O/c1-11-15(12(2)20(4)19-11)16-14(5-10-22-16)18-7-9-21-8-6-17-13(21)3/h6,8,14,16,18H,5,7,9-10H2,1-4H3/t14-,16-/m0/s1. The predicted octanol–water partition coefficient (Wildman–Crippen LogP) is 1.66. The molecule has 3 rings (SSSR count). The van der Waals surface area contributed by atoms with Crippen molar-refractivity contribution in [2.75, 3.05) is 13.2 Å². The van der Waals surface area contributed by atoms with Gasteiger partial charge in [-0.1, -0.05) is 0 Å². The molecular formula is C16H25N5O. The molecule has 0 aromatic carbocycles. The predicted molar refractivity (Wildman–Crippen MR) is 84.7 cm³/mol. The van der Waals surface area contributed by atoms with Crippen LogP contribution in [0.15, 0.2) is 12.4 Å². The van der Waals surface area contributed by atoms with Crippen molar-refractivity contribution in [1.82, 2.24) is 24.6 Å². The Balaban J connectivity index is 1.65. The molecule has 6 heteroatoms. The van der Waals surface area contributed by atoms with Gasteiger partial charge in [0.05, 0.1) is 5.69 Å². The molecule has 1 aliphatic heterocycles. The largest absolute Gasteiger partial charge is 0.372 e. The summed E-state index contributed by atoms with van der Waals surface area (Å²) in [7, 11) is 1.99. The maximum absolute atomic E-state index is 6.00. The molecule has 6 nitrogen and oxygen atoms in total. The van der Waals surface area contributed by atoms with Crippen LogP contribution in [0.5, 0.6) is 0 Å². The van der Waals surface area contributed by atoms with Gasteiger partial charge in [0.1, 0.15) is 11.9 Å². The molecule has 2 aromatic rings. The number of hydrogen-bond acceptors (Lipinski definition) is 4. The van der Waals surface area contributed by atoms with E-state index >= 15 is 0 Å². The van der Waals surface area contributed by atoms with Crippen molar-refractivity contribution in [3.05, 3.63) is 35.2 Å². The van der Waals surface area contributed by atoms with E-state index in [1.54, 1.807) is 0 Å². The summed E-state index contributed by atoms with van der Waals surface area (Å²) in [6.45, 7) is 8.86. The van der Waals surface area contributed by atoms with Crippen molar-refractivity contribution in [2.24, 2.45) is 7.05 Å². The highest BCUT2D eigenvalue weighted by atomic mass is 16.5. The van der Waals surface area contributed by atoms with Crippen LogP contribution < -0.4 is 5.32 Å². The molecule has 3 heterocycles. The van der Waals surface area contributed by atoms with E-state index in [-0.39, 0.29) is 6.10 Å².